The van der Waals surface area contributed by atoms with Crippen molar-refractivity contribution >= 4 is 11.9 Å². The summed E-state index contributed by atoms with van der Waals surface area (Å²) in [6, 6.07) is -0.506. The second kappa shape index (κ2) is 8.02. The van der Waals surface area contributed by atoms with Crippen molar-refractivity contribution in [1.82, 2.24) is 16.0 Å². The number of hydrogen-bond donors (Lipinski definition) is 3. The van der Waals surface area contributed by atoms with Crippen molar-refractivity contribution < 1.29 is 19.1 Å². The van der Waals surface area contributed by atoms with Gasteiger partial charge >= 0.3 is 6.03 Å². The van der Waals surface area contributed by atoms with E-state index in [1.807, 2.05) is 0 Å². The van der Waals surface area contributed by atoms with Gasteiger partial charge in [-0.1, -0.05) is 0 Å². The van der Waals surface area contributed by atoms with E-state index in [2.05, 4.69) is 16.0 Å². The van der Waals surface area contributed by atoms with Crippen LogP contribution in [-0.4, -0.2) is 57.0 Å². The minimum atomic E-state index is -0.682. The molecule has 0 saturated carbocycles. The Balaban J connectivity index is 2.20. The Bertz CT molecular complexity index is 279. The van der Waals surface area contributed by atoms with Crippen molar-refractivity contribution in [3.63, 3.8) is 0 Å². The highest BCUT2D eigenvalue weighted by atomic mass is 16.5. The van der Waals surface area contributed by atoms with E-state index in [-0.39, 0.29) is 6.10 Å². The fourth-order valence-corrected chi connectivity index (χ4v) is 1.47. The molecule has 0 aromatic carbocycles. The van der Waals surface area contributed by atoms with Crippen molar-refractivity contribution in [3.05, 3.63) is 0 Å². The Hall–Kier alpha value is -1.18. The van der Waals surface area contributed by atoms with E-state index in [0.717, 1.165) is 6.54 Å². The van der Waals surface area contributed by atoms with Gasteiger partial charge in [0.2, 0.25) is 0 Å². The Labute approximate surface area is 107 Å². The van der Waals surface area contributed by atoms with Crippen LogP contribution in [-0.2, 0) is 14.3 Å². The summed E-state index contributed by atoms with van der Waals surface area (Å²) < 4.78 is 10.8. The SMILES string of the molecule is CCNC(=O)NC(=O)C(C)OCC1CNCCO1. The highest BCUT2D eigenvalue weighted by Gasteiger charge is 2.19. The molecule has 0 aliphatic carbocycles. The first-order valence-electron chi connectivity index (χ1n) is 6.16. The molecule has 18 heavy (non-hydrogen) atoms. The van der Waals surface area contributed by atoms with Gasteiger partial charge in [0, 0.05) is 19.6 Å². The van der Waals surface area contributed by atoms with E-state index in [1.54, 1.807) is 13.8 Å². The Kier molecular flexibility index (Phi) is 6.63. The van der Waals surface area contributed by atoms with Crippen LogP contribution in [0.1, 0.15) is 13.8 Å². The molecular formula is C11H21N3O4. The van der Waals surface area contributed by atoms with Gasteiger partial charge in [-0.05, 0) is 13.8 Å². The molecule has 2 atom stereocenters. The molecule has 2 unspecified atom stereocenters. The third kappa shape index (κ3) is 5.44. The number of rotatable bonds is 5. The van der Waals surface area contributed by atoms with Gasteiger partial charge in [-0.15, -0.1) is 0 Å². The summed E-state index contributed by atoms with van der Waals surface area (Å²) in [7, 11) is 0. The minimum absolute atomic E-state index is 0.0431. The number of nitrogens with one attached hydrogen (secondary N) is 3. The normalized spacial score (nSPS) is 21.1. The molecule has 0 spiro atoms. The van der Waals surface area contributed by atoms with Crippen LogP contribution in [0, 0.1) is 0 Å². The van der Waals surface area contributed by atoms with E-state index in [9.17, 15) is 9.59 Å². The zero-order valence-electron chi connectivity index (χ0n) is 10.8. The topological polar surface area (TPSA) is 88.7 Å². The van der Waals surface area contributed by atoms with Crippen molar-refractivity contribution in [3.8, 4) is 0 Å². The summed E-state index contributed by atoms with van der Waals surface area (Å²) in [4.78, 5) is 22.7. The maximum absolute atomic E-state index is 11.5. The number of hydrogen-bond acceptors (Lipinski definition) is 5. The van der Waals surface area contributed by atoms with Crippen LogP contribution < -0.4 is 16.0 Å². The van der Waals surface area contributed by atoms with Gasteiger partial charge in [-0.25, -0.2) is 4.79 Å². The molecule has 104 valence electrons. The number of imide groups is 1. The van der Waals surface area contributed by atoms with Crippen molar-refractivity contribution in [2.45, 2.75) is 26.1 Å². The third-order valence-electron chi connectivity index (χ3n) is 2.48. The number of ether oxygens (including phenoxy) is 2. The lowest BCUT2D eigenvalue weighted by molar-refractivity contribution is -0.133. The number of amides is 3. The molecule has 1 saturated heterocycles. The summed E-state index contributed by atoms with van der Waals surface area (Å²) in [6.45, 7) is 6.37. The highest BCUT2D eigenvalue weighted by Crippen LogP contribution is 2.00. The second-order valence-electron chi connectivity index (χ2n) is 4.02. The predicted molar refractivity (Wildman–Crippen MR) is 65.2 cm³/mol. The summed E-state index contributed by atoms with van der Waals surface area (Å²) in [5.74, 6) is -0.454. The maximum Gasteiger partial charge on any atom is 0.321 e. The van der Waals surface area contributed by atoms with Crippen LogP contribution in [0.25, 0.3) is 0 Å². The van der Waals surface area contributed by atoms with Crippen LogP contribution in [0.4, 0.5) is 4.79 Å². The van der Waals surface area contributed by atoms with Gasteiger partial charge in [-0.2, -0.15) is 0 Å². The highest BCUT2D eigenvalue weighted by molar-refractivity contribution is 5.96. The Morgan fingerprint density at radius 2 is 2.33 bits per heavy atom. The first-order chi connectivity index (χ1) is 8.63. The molecule has 0 aromatic rings. The fraction of sp³-hybridized carbons (Fsp3) is 0.818. The average molecular weight is 259 g/mol. The molecule has 1 fully saturated rings. The van der Waals surface area contributed by atoms with E-state index >= 15 is 0 Å². The zero-order valence-corrected chi connectivity index (χ0v) is 10.8. The largest absolute Gasteiger partial charge is 0.373 e. The van der Waals surface area contributed by atoms with Gasteiger partial charge in [-0.3, -0.25) is 10.1 Å². The molecule has 7 heteroatoms. The Morgan fingerprint density at radius 3 is 2.94 bits per heavy atom. The maximum atomic E-state index is 11.5. The first-order valence-corrected chi connectivity index (χ1v) is 6.16. The molecule has 1 rings (SSSR count). The minimum Gasteiger partial charge on any atom is -0.373 e. The molecule has 1 aliphatic heterocycles. The smallest absolute Gasteiger partial charge is 0.321 e. The molecular weight excluding hydrogens is 238 g/mol. The monoisotopic (exact) mass is 259 g/mol. The van der Waals surface area contributed by atoms with Crippen LogP contribution in [0.3, 0.4) is 0 Å². The summed E-state index contributed by atoms with van der Waals surface area (Å²) in [6.07, 6.45) is -0.725. The Morgan fingerprint density at radius 1 is 1.56 bits per heavy atom. The van der Waals surface area contributed by atoms with Gasteiger partial charge in [0.15, 0.2) is 0 Å². The molecule has 7 nitrogen and oxygen atoms in total. The van der Waals surface area contributed by atoms with Crippen molar-refractivity contribution in [2.75, 3.05) is 32.8 Å². The summed E-state index contributed by atoms with van der Waals surface area (Å²) in [5.41, 5.74) is 0. The molecule has 3 N–H and O–H groups in total. The summed E-state index contributed by atoms with van der Waals surface area (Å²) >= 11 is 0. The number of carbonyl (C=O) groups excluding carboxylic acids is 2. The quantitative estimate of drug-likeness (QED) is 0.603. The van der Waals surface area contributed by atoms with Crippen LogP contribution >= 0.6 is 0 Å². The lowest BCUT2D eigenvalue weighted by Crippen LogP contribution is -2.46. The number of urea groups is 1. The lowest BCUT2D eigenvalue weighted by atomic mass is 10.3. The van der Waals surface area contributed by atoms with E-state index in [1.165, 1.54) is 0 Å². The molecule has 0 aromatic heterocycles. The predicted octanol–water partition coefficient (Wildman–Crippen LogP) is -0.774. The third-order valence-corrected chi connectivity index (χ3v) is 2.48. The van der Waals surface area contributed by atoms with Crippen LogP contribution in [0.15, 0.2) is 0 Å². The lowest BCUT2D eigenvalue weighted by Gasteiger charge is -2.24. The zero-order chi connectivity index (χ0) is 13.4. The van der Waals surface area contributed by atoms with Gasteiger partial charge < -0.3 is 20.1 Å². The molecule has 1 heterocycles. The number of carbonyl (C=O) groups is 2. The molecule has 1 aliphatic rings. The fourth-order valence-electron chi connectivity index (χ4n) is 1.47. The molecule has 0 bridgehead atoms. The van der Waals surface area contributed by atoms with Gasteiger partial charge in [0.1, 0.15) is 6.10 Å². The average Bonchev–Trinajstić information content (AvgIpc) is 2.37. The second-order valence-corrected chi connectivity index (χ2v) is 4.02. The van der Waals surface area contributed by atoms with Crippen molar-refractivity contribution in [2.24, 2.45) is 0 Å². The van der Waals surface area contributed by atoms with E-state index < -0.39 is 18.0 Å². The van der Waals surface area contributed by atoms with Crippen LogP contribution in [0.2, 0.25) is 0 Å². The van der Waals surface area contributed by atoms with E-state index in [0.29, 0.717) is 26.3 Å². The van der Waals surface area contributed by atoms with Gasteiger partial charge in [0.25, 0.3) is 5.91 Å². The molecule has 0 radical (unpaired) electrons. The van der Waals surface area contributed by atoms with Crippen LogP contribution in [0.5, 0.6) is 0 Å². The summed E-state index contributed by atoms with van der Waals surface area (Å²) in [5, 5.41) is 7.84. The van der Waals surface area contributed by atoms with E-state index in [4.69, 9.17) is 9.47 Å². The van der Waals surface area contributed by atoms with Gasteiger partial charge in [0.05, 0.1) is 19.3 Å². The first kappa shape index (κ1) is 14.9. The number of morpholine rings is 1. The van der Waals surface area contributed by atoms with Crippen molar-refractivity contribution in [1.29, 1.82) is 0 Å². The standard InChI is InChI=1S/C11H21N3O4/c1-3-13-11(16)14-10(15)8(2)18-7-9-6-12-4-5-17-9/h8-9,12H,3-7H2,1-2H3,(H2,13,14,15,16). The molecule has 3 amide bonds.